The minimum Gasteiger partial charge on any atom is -0.493 e. The predicted octanol–water partition coefficient (Wildman–Crippen LogP) is 3.50. The van der Waals surface area contributed by atoms with Crippen LogP contribution in [0, 0.1) is 0 Å². The molecule has 0 atom stereocenters. The number of nitrogens with one attached hydrogen (secondary N) is 1. The van der Waals surface area contributed by atoms with Crippen LogP contribution in [0.5, 0.6) is 11.5 Å². The van der Waals surface area contributed by atoms with Gasteiger partial charge in [-0.25, -0.2) is 0 Å². The van der Waals surface area contributed by atoms with Crippen LogP contribution >= 0.6 is 0 Å². The molecule has 1 N–H and O–H groups in total. The molecule has 1 aromatic carbocycles. The van der Waals surface area contributed by atoms with Crippen LogP contribution in [-0.4, -0.2) is 27.3 Å². The van der Waals surface area contributed by atoms with Gasteiger partial charge in [0, 0.05) is 6.54 Å². The zero-order chi connectivity index (χ0) is 14.1. The van der Waals surface area contributed by atoms with Crippen molar-refractivity contribution in [2.45, 2.75) is 26.7 Å². The first kappa shape index (κ1) is 15.6. The number of ether oxygens (including phenoxy) is 2. The minimum absolute atomic E-state index is 0.709. The van der Waals surface area contributed by atoms with Gasteiger partial charge in [-0.3, -0.25) is 0 Å². The van der Waals surface area contributed by atoms with E-state index in [1.165, 1.54) is 5.57 Å². The Morgan fingerprint density at radius 3 is 2.63 bits per heavy atom. The molecule has 106 valence electrons. The Morgan fingerprint density at radius 1 is 1.26 bits per heavy atom. The Morgan fingerprint density at radius 2 is 2.05 bits per heavy atom. The quantitative estimate of drug-likeness (QED) is 0.778. The van der Waals surface area contributed by atoms with Crippen LogP contribution in [0.25, 0.3) is 6.08 Å². The van der Waals surface area contributed by atoms with E-state index in [4.69, 9.17) is 9.47 Å². The fraction of sp³-hybridized carbons (Fsp3) is 0.500. The molecule has 3 heteroatoms. The highest BCUT2D eigenvalue weighted by atomic mass is 16.5. The SMILES string of the molecule is CCCOc1cc(C=C(CC)CNC)ccc1OC. The molecule has 0 radical (unpaired) electrons. The standard InChI is InChI=1S/C16H25NO2/c1-5-9-19-16-11-14(7-8-15(16)18-4)10-13(6-2)12-17-3/h7-8,10-11,17H,5-6,9,12H2,1-4H3. The summed E-state index contributed by atoms with van der Waals surface area (Å²) in [6, 6.07) is 6.06. The first-order chi connectivity index (χ1) is 9.24. The molecule has 1 aromatic rings. The number of likely N-dealkylation sites (N-methyl/N-ethyl adjacent to an activating group) is 1. The van der Waals surface area contributed by atoms with Gasteiger partial charge in [0.15, 0.2) is 11.5 Å². The van der Waals surface area contributed by atoms with E-state index in [1.807, 2.05) is 19.2 Å². The van der Waals surface area contributed by atoms with Crippen molar-refractivity contribution < 1.29 is 9.47 Å². The average Bonchev–Trinajstić information content (AvgIpc) is 2.44. The summed E-state index contributed by atoms with van der Waals surface area (Å²) in [5, 5.41) is 3.19. The zero-order valence-electron chi connectivity index (χ0n) is 12.5. The molecule has 0 heterocycles. The lowest BCUT2D eigenvalue weighted by atomic mass is 10.1. The van der Waals surface area contributed by atoms with Gasteiger partial charge in [0.2, 0.25) is 0 Å². The molecule has 0 fully saturated rings. The molecule has 0 aliphatic rings. The number of methoxy groups -OCH3 is 1. The van der Waals surface area contributed by atoms with Gasteiger partial charge >= 0.3 is 0 Å². The molecule has 0 aromatic heterocycles. The molecular weight excluding hydrogens is 238 g/mol. The lowest BCUT2D eigenvalue weighted by molar-refractivity contribution is 0.294. The van der Waals surface area contributed by atoms with Crippen LogP contribution in [-0.2, 0) is 0 Å². The second kappa shape index (κ2) is 8.59. The third kappa shape index (κ3) is 4.95. The maximum absolute atomic E-state index is 5.72. The summed E-state index contributed by atoms with van der Waals surface area (Å²) in [7, 11) is 3.63. The molecule has 0 aliphatic heterocycles. The van der Waals surface area contributed by atoms with E-state index >= 15 is 0 Å². The van der Waals surface area contributed by atoms with E-state index in [9.17, 15) is 0 Å². The average molecular weight is 263 g/mol. The van der Waals surface area contributed by atoms with Crippen molar-refractivity contribution in [1.29, 1.82) is 0 Å². The monoisotopic (exact) mass is 263 g/mol. The van der Waals surface area contributed by atoms with Gasteiger partial charge in [-0.15, -0.1) is 0 Å². The highest BCUT2D eigenvalue weighted by Gasteiger charge is 2.05. The predicted molar refractivity (Wildman–Crippen MR) is 81.0 cm³/mol. The van der Waals surface area contributed by atoms with E-state index in [0.717, 1.165) is 36.4 Å². The van der Waals surface area contributed by atoms with E-state index in [1.54, 1.807) is 7.11 Å². The van der Waals surface area contributed by atoms with E-state index in [2.05, 4.69) is 31.3 Å². The van der Waals surface area contributed by atoms with Crippen LogP contribution in [0.2, 0.25) is 0 Å². The third-order valence-electron chi connectivity index (χ3n) is 2.88. The first-order valence-electron chi connectivity index (χ1n) is 6.90. The maximum Gasteiger partial charge on any atom is 0.161 e. The molecular formula is C16H25NO2. The Kier molecular flexibility index (Phi) is 7.04. The Balaban J connectivity index is 2.96. The van der Waals surface area contributed by atoms with Crippen LogP contribution in [0.15, 0.2) is 23.8 Å². The highest BCUT2D eigenvalue weighted by Crippen LogP contribution is 2.29. The largest absolute Gasteiger partial charge is 0.493 e. The topological polar surface area (TPSA) is 30.5 Å². The van der Waals surface area contributed by atoms with Crippen molar-refractivity contribution in [2.75, 3.05) is 27.3 Å². The second-order valence-corrected chi connectivity index (χ2v) is 4.45. The van der Waals surface area contributed by atoms with Crippen molar-refractivity contribution in [1.82, 2.24) is 5.32 Å². The number of rotatable bonds is 8. The Labute approximate surface area is 116 Å². The lowest BCUT2D eigenvalue weighted by Gasteiger charge is -2.11. The molecule has 1 rings (SSSR count). The highest BCUT2D eigenvalue weighted by molar-refractivity contribution is 5.58. The number of benzene rings is 1. The summed E-state index contributed by atoms with van der Waals surface area (Å²) >= 11 is 0. The molecule has 0 spiro atoms. The summed E-state index contributed by atoms with van der Waals surface area (Å²) in [6.45, 7) is 5.88. The van der Waals surface area contributed by atoms with Gasteiger partial charge in [-0.05, 0) is 37.6 Å². The lowest BCUT2D eigenvalue weighted by Crippen LogP contribution is -2.09. The van der Waals surface area contributed by atoms with Gasteiger partial charge in [0.25, 0.3) is 0 Å². The Bertz CT molecular complexity index is 413. The van der Waals surface area contributed by atoms with E-state index in [-0.39, 0.29) is 0 Å². The summed E-state index contributed by atoms with van der Waals surface area (Å²) in [5.41, 5.74) is 2.52. The second-order valence-electron chi connectivity index (χ2n) is 4.45. The Hall–Kier alpha value is -1.48. The van der Waals surface area contributed by atoms with E-state index < -0.39 is 0 Å². The van der Waals surface area contributed by atoms with Gasteiger partial charge in [-0.2, -0.15) is 0 Å². The van der Waals surface area contributed by atoms with Gasteiger partial charge in [-0.1, -0.05) is 31.6 Å². The number of hydrogen-bond donors (Lipinski definition) is 1. The van der Waals surface area contributed by atoms with Crippen LogP contribution in [0.4, 0.5) is 0 Å². The molecule has 0 saturated heterocycles. The molecule has 0 bridgehead atoms. The fourth-order valence-corrected chi connectivity index (χ4v) is 1.85. The number of hydrogen-bond acceptors (Lipinski definition) is 3. The molecule has 19 heavy (non-hydrogen) atoms. The molecule has 0 aliphatic carbocycles. The van der Waals surface area contributed by atoms with Crippen molar-refractivity contribution >= 4 is 6.08 Å². The minimum atomic E-state index is 0.709. The summed E-state index contributed by atoms with van der Waals surface area (Å²) in [4.78, 5) is 0. The third-order valence-corrected chi connectivity index (χ3v) is 2.88. The smallest absolute Gasteiger partial charge is 0.161 e. The van der Waals surface area contributed by atoms with Gasteiger partial charge in [0.1, 0.15) is 0 Å². The first-order valence-corrected chi connectivity index (χ1v) is 6.90. The van der Waals surface area contributed by atoms with E-state index in [0.29, 0.717) is 6.61 Å². The fourth-order valence-electron chi connectivity index (χ4n) is 1.85. The summed E-state index contributed by atoms with van der Waals surface area (Å²) < 4.78 is 11.0. The summed E-state index contributed by atoms with van der Waals surface area (Å²) in [5.74, 6) is 1.61. The van der Waals surface area contributed by atoms with Gasteiger partial charge in [0.05, 0.1) is 13.7 Å². The molecule has 0 amide bonds. The molecule has 3 nitrogen and oxygen atoms in total. The molecule has 0 saturated carbocycles. The maximum atomic E-state index is 5.72. The molecule has 0 unspecified atom stereocenters. The zero-order valence-corrected chi connectivity index (χ0v) is 12.5. The van der Waals surface area contributed by atoms with Gasteiger partial charge < -0.3 is 14.8 Å². The normalized spacial score (nSPS) is 11.5. The van der Waals surface area contributed by atoms with Crippen molar-refractivity contribution in [3.63, 3.8) is 0 Å². The van der Waals surface area contributed by atoms with Crippen molar-refractivity contribution in [3.8, 4) is 11.5 Å². The van der Waals surface area contributed by atoms with Crippen LogP contribution < -0.4 is 14.8 Å². The summed E-state index contributed by atoms with van der Waals surface area (Å²) in [6.07, 6.45) is 4.23. The van der Waals surface area contributed by atoms with Crippen molar-refractivity contribution in [3.05, 3.63) is 29.3 Å². The van der Waals surface area contributed by atoms with Crippen LogP contribution in [0.1, 0.15) is 32.3 Å². The van der Waals surface area contributed by atoms with Crippen LogP contribution in [0.3, 0.4) is 0 Å². The van der Waals surface area contributed by atoms with Crippen molar-refractivity contribution in [2.24, 2.45) is 0 Å².